The molecule has 4 N–H and O–H groups in total. The Balaban J connectivity index is 2.04. The number of hydrogen-bond donors (Lipinski definition) is 3. The lowest BCUT2D eigenvalue weighted by Crippen LogP contribution is -2.20. The van der Waals surface area contributed by atoms with Crippen molar-refractivity contribution in [1.82, 2.24) is 15.1 Å². The molecule has 0 atom stereocenters. The third-order valence-corrected chi connectivity index (χ3v) is 3.36. The molecule has 1 aromatic heterocycles. The van der Waals surface area contributed by atoms with Gasteiger partial charge in [-0.1, -0.05) is 36.3 Å². The first kappa shape index (κ1) is 15.1. The molecule has 0 aliphatic rings. The second-order valence-corrected chi connectivity index (χ2v) is 4.87. The number of aryl methyl sites for hydroxylation is 2. The van der Waals surface area contributed by atoms with Gasteiger partial charge in [-0.05, 0) is 12.0 Å². The Kier molecular flexibility index (Phi) is 4.94. The van der Waals surface area contributed by atoms with Crippen molar-refractivity contribution in [2.75, 3.05) is 0 Å². The Morgan fingerprint density at radius 3 is 2.76 bits per heavy atom. The van der Waals surface area contributed by atoms with Crippen LogP contribution in [0.3, 0.4) is 0 Å². The minimum atomic E-state index is 0.128. The predicted octanol–water partition coefficient (Wildman–Crippen LogP) is 1.37. The molecule has 1 aromatic carbocycles. The van der Waals surface area contributed by atoms with Crippen molar-refractivity contribution in [3.8, 4) is 0 Å². The van der Waals surface area contributed by atoms with E-state index in [1.165, 1.54) is 5.56 Å². The van der Waals surface area contributed by atoms with Gasteiger partial charge in [-0.25, -0.2) is 0 Å². The van der Waals surface area contributed by atoms with E-state index in [0.717, 1.165) is 29.8 Å². The number of aromatic nitrogens is 2. The summed E-state index contributed by atoms with van der Waals surface area (Å²) in [6.45, 7) is 3.48. The van der Waals surface area contributed by atoms with Gasteiger partial charge in [-0.3, -0.25) is 4.68 Å². The van der Waals surface area contributed by atoms with Crippen LogP contribution in [0.25, 0.3) is 0 Å². The first-order chi connectivity index (χ1) is 10.2. The van der Waals surface area contributed by atoms with Crippen LogP contribution in [0.15, 0.2) is 35.6 Å². The van der Waals surface area contributed by atoms with Gasteiger partial charge in [0.1, 0.15) is 0 Å². The molecule has 2 rings (SSSR count). The number of nitrogens with zero attached hydrogens (tertiary/aromatic N) is 3. The van der Waals surface area contributed by atoms with Gasteiger partial charge < -0.3 is 16.3 Å². The summed E-state index contributed by atoms with van der Waals surface area (Å²) in [5.74, 6) is 0.128. The van der Waals surface area contributed by atoms with E-state index in [9.17, 15) is 0 Å². The van der Waals surface area contributed by atoms with Crippen molar-refractivity contribution in [3.05, 3.63) is 52.8 Å². The zero-order chi connectivity index (χ0) is 15.2. The summed E-state index contributed by atoms with van der Waals surface area (Å²) in [7, 11) is 1.93. The summed E-state index contributed by atoms with van der Waals surface area (Å²) < 4.78 is 1.83. The minimum absolute atomic E-state index is 0.128. The van der Waals surface area contributed by atoms with Crippen molar-refractivity contribution in [2.45, 2.75) is 26.4 Å². The molecule has 0 spiro atoms. The summed E-state index contributed by atoms with van der Waals surface area (Å²) in [5.41, 5.74) is 9.73. The molecule has 0 amide bonds. The van der Waals surface area contributed by atoms with E-state index in [4.69, 9.17) is 10.9 Å². The Hall–Kier alpha value is -2.34. The van der Waals surface area contributed by atoms with Crippen LogP contribution in [0, 0.1) is 0 Å². The number of nitrogens with two attached hydrogens (primary N) is 1. The van der Waals surface area contributed by atoms with Crippen molar-refractivity contribution in [2.24, 2.45) is 17.9 Å². The smallest absolute Gasteiger partial charge is 0.170 e. The average molecular weight is 287 g/mol. The largest absolute Gasteiger partial charge is 0.409 e. The quantitative estimate of drug-likeness (QED) is 0.324. The summed E-state index contributed by atoms with van der Waals surface area (Å²) in [6.07, 6.45) is 2.94. The molecule has 6 nitrogen and oxygen atoms in total. The molecule has 0 aliphatic carbocycles. The number of benzene rings is 1. The van der Waals surface area contributed by atoms with Gasteiger partial charge in [0.2, 0.25) is 0 Å². The highest BCUT2D eigenvalue weighted by Crippen LogP contribution is 2.10. The highest BCUT2D eigenvalue weighted by atomic mass is 16.4. The molecular formula is C15H21N5O. The van der Waals surface area contributed by atoms with E-state index in [1.807, 2.05) is 42.2 Å². The topological polar surface area (TPSA) is 88.5 Å². The second kappa shape index (κ2) is 6.90. The van der Waals surface area contributed by atoms with E-state index in [2.05, 4.69) is 22.5 Å². The zero-order valence-corrected chi connectivity index (χ0v) is 12.4. The van der Waals surface area contributed by atoms with Crippen molar-refractivity contribution in [1.29, 1.82) is 0 Å². The maximum absolute atomic E-state index is 8.82. The highest BCUT2D eigenvalue weighted by Gasteiger charge is 2.08. The number of rotatable bonds is 6. The Labute approximate surface area is 124 Å². The Morgan fingerprint density at radius 2 is 2.05 bits per heavy atom. The van der Waals surface area contributed by atoms with Crippen molar-refractivity contribution < 1.29 is 5.21 Å². The first-order valence-electron chi connectivity index (χ1n) is 6.93. The van der Waals surface area contributed by atoms with Crippen molar-refractivity contribution >= 4 is 5.84 Å². The minimum Gasteiger partial charge on any atom is -0.409 e. The average Bonchev–Trinajstić information content (AvgIpc) is 2.87. The predicted molar refractivity (Wildman–Crippen MR) is 82.1 cm³/mol. The molecule has 6 heteroatoms. The van der Waals surface area contributed by atoms with Crippen LogP contribution in [0.5, 0.6) is 0 Å². The fourth-order valence-electron chi connectivity index (χ4n) is 2.34. The van der Waals surface area contributed by atoms with E-state index < -0.39 is 0 Å². The molecule has 0 bridgehead atoms. The Morgan fingerprint density at radius 1 is 1.33 bits per heavy atom. The summed E-state index contributed by atoms with van der Waals surface area (Å²) in [6, 6.07) is 7.61. The summed E-state index contributed by atoms with van der Waals surface area (Å²) in [5, 5.41) is 19.7. The summed E-state index contributed by atoms with van der Waals surface area (Å²) in [4.78, 5) is 0. The third-order valence-electron chi connectivity index (χ3n) is 3.36. The number of nitrogens with one attached hydrogen (secondary N) is 1. The van der Waals surface area contributed by atoms with Gasteiger partial charge in [0.05, 0.1) is 5.69 Å². The van der Waals surface area contributed by atoms with Crippen LogP contribution >= 0.6 is 0 Å². The maximum Gasteiger partial charge on any atom is 0.170 e. The summed E-state index contributed by atoms with van der Waals surface area (Å²) >= 11 is 0. The normalized spacial score (nSPS) is 11.8. The fraction of sp³-hybridized carbons (Fsp3) is 0.333. The Bertz CT molecular complexity index is 633. The lowest BCUT2D eigenvalue weighted by atomic mass is 10.1. The van der Waals surface area contributed by atoms with E-state index in [1.54, 1.807) is 0 Å². The monoisotopic (exact) mass is 287 g/mol. The van der Waals surface area contributed by atoms with Gasteiger partial charge in [0.25, 0.3) is 0 Å². The first-order valence-corrected chi connectivity index (χ1v) is 6.93. The standard InChI is InChI=1S/C15H21N5O/c1-3-14-12(10-20(2)18-14)9-17-8-11-6-4-5-7-13(11)15(16)19-21/h4-7,10,17,21H,3,8-9H2,1-2H3,(H2,16,19). The van der Waals surface area contributed by atoms with Crippen LogP contribution in [-0.2, 0) is 26.6 Å². The zero-order valence-electron chi connectivity index (χ0n) is 12.4. The van der Waals surface area contributed by atoms with Crippen LogP contribution in [0.4, 0.5) is 0 Å². The third kappa shape index (κ3) is 3.61. The van der Waals surface area contributed by atoms with Gasteiger partial charge in [-0.15, -0.1) is 0 Å². The highest BCUT2D eigenvalue weighted by molar-refractivity contribution is 5.98. The van der Waals surface area contributed by atoms with Gasteiger partial charge in [-0.2, -0.15) is 5.10 Å². The van der Waals surface area contributed by atoms with Crippen LogP contribution in [0.2, 0.25) is 0 Å². The van der Waals surface area contributed by atoms with E-state index in [0.29, 0.717) is 6.54 Å². The molecule has 0 fully saturated rings. The molecular weight excluding hydrogens is 266 g/mol. The number of hydrogen-bond acceptors (Lipinski definition) is 4. The molecule has 0 saturated heterocycles. The van der Waals surface area contributed by atoms with E-state index >= 15 is 0 Å². The lowest BCUT2D eigenvalue weighted by molar-refractivity contribution is 0.318. The number of oxime groups is 1. The molecule has 1 heterocycles. The molecule has 2 aromatic rings. The fourth-order valence-corrected chi connectivity index (χ4v) is 2.34. The van der Waals surface area contributed by atoms with Gasteiger partial charge >= 0.3 is 0 Å². The van der Waals surface area contributed by atoms with Gasteiger partial charge in [0.15, 0.2) is 5.84 Å². The lowest BCUT2D eigenvalue weighted by Gasteiger charge is -2.09. The molecule has 0 aliphatic heterocycles. The van der Waals surface area contributed by atoms with Crippen LogP contribution < -0.4 is 11.1 Å². The molecule has 21 heavy (non-hydrogen) atoms. The molecule has 0 radical (unpaired) electrons. The SMILES string of the molecule is CCc1nn(C)cc1CNCc1ccccc1/C(N)=N/O. The van der Waals surface area contributed by atoms with E-state index in [-0.39, 0.29) is 5.84 Å². The number of amidine groups is 1. The maximum atomic E-state index is 8.82. The van der Waals surface area contributed by atoms with Crippen LogP contribution in [-0.4, -0.2) is 20.8 Å². The molecule has 0 unspecified atom stereocenters. The molecule has 0 saturated carbocycles. The second-order valence-electron chi connectivity index (χ2n) is 4.87. The van der Waals surface area contributed by atoms with Crippen LogP contribution in [0.1, 0.15) is 29.3 Å². The molecule has 112 valence electrons. The van der Waals surface area contributed by atoms with Gasteiger partial charge in [0, 0.05) is 37.5 Å². The van der Waals surface area contributed by atoms with Crippen molar-refractivity contribution in [3.63, 3.8) is 0 Å².